The number of para-hydroxylation sites is 2. The molecule has 8 nitrogen and oxygen atoms in total. The van der Waals surface area contributed by atoms with Gasteiger partial charge in [-0.25, -0.2) is 14.8 Å². The number of esters is 1. The lowest BCUT2D eigenvalue weighted by molar-refractivity contribution is -0.133. The van der Waals surface area contributed by atoms with Crippen molar-refractivity contribution in [3.8, 4) is 0 Å². The maximum atomic E-state index is 12.8. The molecular formula is C21H18N4O4S2. The van der Waals surface area contributed by atoms with Crippen molar-refractivity contribution in [3.05, 3.63) is 70.3 Å². The van der Waals surface area contributed by atoms with Gasteiger partial charge in [-0.15, -0.1) is 17.9 Å². The molecule has 3 heterocycles. The Labute approximate surface area is 184 Å². The number of thioether (sulfide) groups is 1. The topological polar surface area (TPSA) is 110 Å². The minimum atomic E-state index is -0.720. The normalized spacial score (nSPS) is 12.2. The van der Waals surface area contributed by atoms with E-state index in [9.17, 15) is 14.7 Å². The minimum absolute atomic E-state index is 0.0132. The van der Waals surface area contributed by atoms with Crippen LogP contribution in [-0.4, -0.2) is 43.5 Å². The van der Waals surface area contributed by atoms with Gasteiger partial charge in [0.15, 0.2) is 5.16 Å². The first kappa shape index (κ1) is 20.9. The van der Waals surface area contributed by atoms with Gasteiger partial charge < -0.3 is 14.8 Å². The zero-order valence-electron chi connectivity index (χ0n) is 16.5. The summed E-state index contributed by atoms with van der Waals surface area (Å²) in [7, 11) is 1.24. The molecule has 0 aliphatic heterocycles. The molecule has 1 aromatic carbocycles. The predicted molar refractivity (Wildman–Crippen MR) is 122 cm³/mol. The Kier molecular flexibility index (Phi) is 5.92. The highest BCUT2D eigenvalue weighted by molar-refractivity contribution is 7.99. The lowest BCUT2D eigenvalue weighted by Crippen LogP contribution is -2.22. The standard InChI is InChI=1S/C21H18N4O4S2/c1-3-9-25-19(27)17-14(8-10-30-17)24-21(25)31-11-15(26)16(20(28)29-2)18-22-12-6-4-5-7-13(12)23-18/h3-8,10,26H,1,9,11H2,2H3,(H,22,23)/b16-15+. The third-order valence-corrected chi connectivity index (χ3v) is 6.36. The number of aliphatic hydroxyl groups is 1. The van der Waals surface area contributed by atoms with Crippen LogP contribution in [0.1, 0.15) is 5.82 Å². The molecular weight excluding hydrogens is 436 g/mol. The summed E-state index contributed by atoms with van der Waals surface area (Å²) < 4.78 is 6.90. The highest BCUT2D eigenvalue weighted by atomic mass is 32.2. The molecule has 0 saturated carbocycles. The van der Waals surface area contributed by atoms with Crippen LogP contribution in [0.25, 0.3) is 26.8 Å². The Morgan fingerprint density at radius 3 is 2.87 bits per heavy atom. The molecule has 0 aliphatic carbocycles. The largest absolute Gasteiger partial charge is 0.510 e. The number of aromatic amines is 1. The number of hydrogen-bond donors (Lipinski definition) is 2. The van der Waals surface area contributed by atoms with Crippen LogP contribution in [0.3, 0.4) is 0 Å². The number of nitrogens with one attached hydrogen (secondary N) is 1. The van der Waals surface area contributed by atoms with Crippen molar-refractivity contribution >= 4 is 55.9 Å². The molecule has 4 aromatic rings. The van der Waals surface area contributed by atoms with E-state index < -0.39 is 5.97 Å². The third-order valence-electron chi connectivity index (χ3n) is 4.48. The molecule has 0 radical (unpaired) electrons. The van der Waals surface area contributed by atoms with Crippen LogP contribution in [0.4, 0.5) is 0 Å². The Morgan fingerprint density at radius 1 is 1.32 bits per heavy atom. The number of fused-ring (bicyclic) bond motifs is 2. The highest BCUT2D eigenvalue weighted by Crippen LogP contribution is 2.26. The number of aliphatic hydroxyl groups excluding tert-OH is 1. The van der Waals surface area contributed by atoms with Gasteiger partial charge in [0.2, 0.25) is 0 Å². The van der Waals surface area contributed by atoms with Gasteiger partial charge in [-0.1, -0.05) is 30.0 Å². The molecule has 0 fully saturated rings. The molecule has 0 unspecified atom stereocenters. The van der Waals surface area contributed by atoms with Crippen molar-refractivity contribution in [3.63, 3.8) is 0 Å². The fourth-order valence-corrected chi connectivity index (χ4v) is 4.72. The molecule has 2 N–H and O–H groups in total. The molecule has 0 saturated heterocycles. The van der Waals surface area contributed by atoms with E-state index in [0.29, 0.717) is 20.9 Å². The van der Waals surface area contributed by atoms with Crippen LogP contribution in [-0.2, 0) is 16.1 Å². The van der Waals surface area contributed by atoms with Gasteiger partial charge in [-0.3, -0.25) is 9.36 Å². The number of H-pyrrole nitrogens is 1. The molecule has 0 amide bonds. The lowest BCUT2D eigenvalue weighted by atomic mass is 10.2. The molecule has 0 aliphatic rings. The van der Waals surface area contributed by atoms with Crippen molar-refractivity contribution in [2.24, 2.45) is 0 Å². The van der Waals surface area contributed by atoms with E-state index in [1.165, 1.54) is 23.0 Å². The van der Waals surface area contributed by atoms with Crippen molar-refractivity contribution in [1.29, 1.82) is 0 Å². The Balaban J connectivity index is 1.72. The zero-order valence-corrected chi connectivity index (χ0v) is 18.1. The summed E-state index contributed by atoms with van der Waals surface area (Å²) in [5.74, 6) is -0.765. The van der Waals surface area contributed by atoms with E-state index in [4.69, 9.17) is 4.74 Å². The molecule has 0 spiro atoms. The van der Waals surface area contributed by atoms with E-state index in [0.717, 1.165) is 17.3 Å². The average Bonchev–Trinajstić information content (AvgIpc) is 3.41. The molecule has 31 heavy (non-hydrogen) atoms. The van der Waals surface area contributed by atoms with Crippen LogP contribution in [0.5, 0.6) is 0 Å². The first-order valence-corrected chi connectivity index (χ1v) is 11.1. The maximum absolute atomic E-state index is 12.8. The van der Waals surface area contributed by atoms with Crippen LogP contribution < -0.4 is 5.56 Å². The molecule has 0 bridgehead atoms. The van der Waals surface area contributed by atoms with Gasteiger partial charge in [0.25, 0.3) is 5.56 Å². The van der Waals surface area contributed by atoms with Gasteiger partial charge in [0.05, 0.1) is 29.4 Å². The SMILES string of the molecule is C=CCn1c(SC/C(O)=C(\C(=O)OC)c2nc3ccccc3[nH]2)nc2ccsc2c1=O. The predicted octanol–water partition coefficient (Wildman–Crippen LogP) is 3.75. The Morgan fingerprint density at radius 2 is 2.13 bits per heavy atom. The van der Waals surface area contributed by atoms with Crippen molar-refractivity contribution in [1.82, 2.24) is 19.5 Å². The smallest absolute Gasteiger partial charge is 0.345 e. The van der Waals surface area contributed by atoms with Gasteiger partial charge >= 0.3 is 5.97 Å². The number of carbonyl (C=O) groups excluding carboxylic acids is 1. The number of nitrogens with zero attached hydrogens (tertiary/aromatic N) is 3. The first-order chi connectivity index (χ1) is 15.0. The fourth-order valence-electron chi connectivity index (χ4n) is 3.05. The number of methoxy groups -OCH3 is 1. The number of aromatic nitrogens is 4. The number of ether oxygens (including phenoxy) is 1. The van der Waals surface area contributed by atoms with Crippen LogP contribution in [0.15, 0.2) is 64.1 Å². The first-order valence-electron chi connectivity index (χ1n) is 9.20. The number of imidazole rings is 1. The number of thiophene rings is 1. The second-order valence-corrected chi connectivity index (χ2v) is 8.30. The van der Waals surface area contributed by atoms with E-state index in [1.807, 2.05) is 18.2 Å². The maximum Gasteiger partial charge on any atom is 0.345 e. The lowest BCUT2D eigenvalue weighted by Gasteiger charge is -2.11. The van der Waals surface area contributed by atoms with E-state index in [-0.39, 0.29) is 35.0 Å². The zero-order chi connectivity index (χ0) is 22.0. The summed E-state index contributed by atoms with van der Waals surface area (Å²) in [5.41, 5.74) is 1.73. The van der Waals surface area contributed by atoms with Gasteiger partial charge in [-0.2, -0.15) is 0 Å². The van der Waals surface area contributed by atoms with E-state index >= 15 is 0 Å². The summed E-state index contributed by atoms with van der Waals surface area (Å²) in [6.07, 6.45) is 1.61. The Hall–Kier alpha value is -3.37. The van der Waals surface area contributed by atoms with Crippen molar-refractivity contribution in [2.45, 2.75) is 11.7 Å². The molecule has 158 valence electrons. The van der Waals surface area contributed by atoms with Gasteiger partial charge in [-0.05, 0) is 23.6 Å². The second kappa shape index (κ2) is 8.78. The monoisotopic (exact) mass is 454 g/mol. The summed E-state index contributed by atoms with van der Waals surface area (Å²) in [5, 5.41) is 13.0. The van der Waals surface area contributed by atoms with Gasteiger partial charge in [0, 0.05) is 6.54 Å². The summed E-state index contributed by atoms with van der Waals surface area (Å²) in [6, 6.07) is 9.06. The molecule has 10 heteroatoms. The van der Waals surface area contributed by atoms with Crippen LogP contribution in [0.2, 0.25) is 0 Å². The van der Waals surface area contributed by atoms with Crippen LogP contribution in [0, 0.1) is 0 Å². The number of allylic oxidation sites excluding steroid dienone is 1. The third kappa shape index (κ3) is 3.99. The minimum Gasteiger partial charge on any atom is -0.510 e. The molecule has 4 rings (SSSR count). The quantitative estimate of drug-likeness (QED) is 0.109. The van der Waals surface area contributed by atoms with Crippen molar-refractivity contribution in [2.75, 3.05) is 12.9 Å². The second-order valence-electron chi connectivity index (χ2n) is 6.44. The summed E-state index contributed by atoms with van der Waals surface area (Å²) in [6.45, 7) is 3.98. The highest BCUT2D eigenvalue weighted by Gasteiger charge is 2.23. The molecule has 0 atom stereocenters. The average molecular weight is 455 g/mol. The fraction of sp³-hybridized carbons (Fsp3) is 0.143. The van der Waals surface area contributed by atoms with E-state index in [2.05, 4.69) is 21.5 Å². The van der Waals surface area contributed by atoms with Crippen LogP contribution >= 0.6 is 23.1 Å². The number of rotatable bonds is 7. The summed E-state index contributed by atoms with van der Waals surface area (Å²) in [4.78, 5) is 37.1. The van der Waals surface area contributed by atoms with Gasteiger partial charge in [0.1, 0.15) is 21.9 Å². The molecule has 3 aromatic heterocycles. The number of hydrogen-bond acceptors (Lipinski definition) is 8. The number of carbonyl (C=O) groups is 1. The number of benzene rings is 1. The van der Waals surface area contributed by atoms with Crippen molar-refractivity contribution < 1.29 is 14.6 Å². The Bertz CT molecular complexity index is 1350. The van der Waals surface area contributed by atoms with E-state index in [1.54, 1.807) is 23.6 Å². The summed E-state index contributed by atoms with van der Waals surface area (Å²) >= 11 is 2.46.